The number of aliphatic carboxylic acids is 1. The highest BCUT2D eigenvalue weighted by atomic mass is 32.1. The Labute approximate surface area is 145 Å². The smallest absolute Gasteiger partial charge is 0.318 e. The molecule has 0 aliphatic rings. The summed E-state index contributed by atoms with van der Waals surface area (Å²) in [4.78, 5) is 11.5. The Hall–Kier alpha value is -0.790. The van der Waals surface area contributed by atoms with E-state index in [1.807, 2.05) is 0 Å². The molecule has 0 rings (SSSR count). The third kappa shape index (κ3) is 9.27. The van der Waals surface area contributed by atoms with Gasteiger partial charge in [-0.1, -0.05) is 71.1 Å². The molecule has 0 saturated carbocycles. The quantitative estimate of drug-likeness (QED) is 0.326. The second-order valence-corrected chi connectivity index (χ2v) is 6.27. The van der Waals surface area contributed by atoms with Crippen LogP contribution >= 0.6 is 24.4 Å². The molecule has 2 nitrogen and oxygen atoms in total. The minimum atomic E-state index is -1.12. The molecule has 22 heavy (non-hydrogen) atoms. The van der Waals surface area contributed by atoms with Crippen molar-refractivity contribution < 1.29 is 9.90 Å². The van der Waals surface area contributed by atoms with Crippen molar-refractivity contribution >= 4 is 40.5 Å². The van der Waals surface area contributed by atoms with Crippen molar-refractivity contribution in [2.75, 3.05) is 0 Å². The standard InChI is InChI=1S/C18H28O2S2/c1-2-3-4-5-6-7-8-9-10-11-12-18(13-15-21,14-16-22)17(19)20/h13-14H,2-12H2,1H3,(H,19,20). The van der Waals surface area contributed by atoms with Crippen LogP contribution < -0.4 is 0 Å². The summed E-state index contributed by atoms with van der Waals surface area (Å²) in [6.45, 7) is 2.23. The van der Waals surface area contributed by atoms with Gasteiger partial charge in [-0.3, -0.25) is 4.79 Å². The van der Waals surface area contributed by atoms with Crippen LogP contribution in [0.1, 0.15) is 77.6 Å². The molecule has 0 aromatic heterocycles. The normalized spacial score (nSPS) is 12.8. The number of hydrogen-bond acceptors (Lipinski definition) is 3. The van der Waals surface area contributed by atoms with E-state index in [0.29, 0.717) is 6.42 Å². The molecule has 4 heteroatoms. The van der Waals surface area contributed by atoms with Crippen molar-refractivity contribution in [1.29, 1.82) is 0 Å². The molecule has 0 amide bonds. The molecule has 0 fully saturated rings. The summed E-state index contributed by atoms with van der Waals surface area (Å²) >= 11 is 9.33. The number of carboxylic acids is 1. The van der Waals surface area contributed by atoms with Gasteiger partial charge in [0.25, 0.3) is 0 Å². The maximum absolute atomic E-state index is 11.5. The van der Waals surface area contributed by atoms with Gasteiger partial charge in [-0.05, 0) is 53.1 Å². The van der Waals surface area contributed by atoms with Crippen molar-refractivity contribution in [2.45, 2.75) is 77.6 Å². The van der Waals surface area contributed by atoms with Crippen LogP contribution in [0.25, 0.3) is 0 Å². The number of carbonyl (C=O) groups is 1. The van der Waals surface area contributed by atoms with Gasteiger partial charge in [-0.2, -0.15) is 0 Å². The zero-order valence-electron chi connectivity index (χ0n) is 13.6. The fraction of sp³-hybridized carbons (Fsp3) is 0.722. The van der Waals surface area contributed by atoms with Crippen LogP contribution in [0.4, 0.5) is 0 Å². The molecule has 0 radical (unpaired) electrons. The summed E-state index contributed by atoms with van der Waals surface area (Å²) in [6.07, 6.45) is 15.6. The largest absolute Gasteiger partial charge is 0.480 e. The molecule has 0 spiro atoms. The van der Waals surface area contributed by atoms with E-state index in [-0.39, 0.29) is 0 Å². The average Bonchev–Trinajstić information content (AvgIpc) is 2.49. The molecule has 0 saturated heterocycles. The Morgan fingerprint density at radius 1 is 0.909 bits per heavy atom. The van der Waals surface area contributed by atoms with E-state index < -0.39 is 11.4 Å². The molecule has 0 aromatic carbocycles. The first-order valence-electron chi connectivity index (χ1n) is 8.30. The Morgan fingerprint density at radius 2 is 1.32 bits per heavy atom. The Balaban J connectivity index is 3.93. The average molecular weight is 341 g/mol. The van der Waals surface area contributed by atoms with Crippen molar-refractivity contribution in [3.05, 3.63) is 12.2 Å². The number of carboxylic acid groups (broad SMARTS) is 1. The highest BCUT2D eigenvalue weighted by Gasteiger charge is 2.33. The van der Waals surface area contributed by atoms with Gasteiger partial charge in [-0.25, -0.2) is 0 Å². The van der Waals surface area contributed by atoms with Gasteiger partial charge < -0.3 is 5.11 Å². The maximum atomic E-state index is 11.5. The zero-order valence-corrected chi connectivity index (χ0v) is 15.2. The molecule has 0 aliphatic heterocycles. The van der Waals surface area contributed by atoms with E-state index in [4.69, 9.17) is 0 Å². The maximum Gasteiger partial charge on any atom is 0.318 e. The lowest BCUT2D eigenvalue weighted by molar-refractivity contribution is -0.143. The Kier molecular flexibility index (Phi) is 13.3. The van der Waals surface area contributed by atoms with Crippen LogP contribution in [-0.2, 0) is 4.79 Å². The summed E-state index contributed by atoms with van der Waals surface area (Å²) in [7, 11) is 0. The summed E-state index contributed by atoms with van der Waals surface area (Å²) in [6, 6.07) is 0. The first-order chi connectivity index (χ1) is 10.6. The van der Waals surface area contributed by atoms with Gasteiger partial charge in [0, 0.05) is 0 Å². The highest BCUT2D eigenvalue weighted by Crippen LogP contribution is 2.28. The Morgan fingerprint density at radius 3 is 1.68 bits per heavy atom. The number of hydrogen-bond donors (Lipinski definition) is 1. The topological polar surface area (TPSA) is 37.3 Å². The lowest BCUT2D eigenvalue weighted by atomic mass is 9.82. The summed E-state index contributed by atoms with van der Waals surface area (Å²) < 4.78 is 0. The summed E-state index contributed by atoms with van der Waals surface area (Å²) in [5, 5.41) is 14.2. The van der Waals surface area contributed by atoms with Gasteiger partial charge >= 0.3 is 5.97 Å². The van der Waals surface area contributed by atoms with E-state index in [0.717, 1.165) is 19.3 Å². The third-order valence-electron chi connectivity index (χ3n) is 3.98. The van der Waals surface area contributed by atoms with Crippen LogP contribution in [0.2, 0.25) is 0 Å². The number of thiocarbonyl (C=S) groups is 2. The summed E-state index contributed by atoms with van der Waals surface area (Å²) in [5.74, 6) is -0.932. The summed E-state index contributed by atoms with van der Waals surface area (Å²) in [5.41, 5.74) is -1.12. The molecule has 124 valence electrons. The van der Waals surface area contributed by atoms with Crippen molar-refractivity contribution in [2.24, 2.45) is 5.41 Å². The third-order valence-corrected chi connectivity index (χ3v) is 4.21. The van der Waals surface area contributed by atoms with Crippen LogP contribution in [0.3, 0.4) is 0 Å². The molecule has 0 bridgehead atoms. The lowest BCUT2D eigenvalue weighted by Crippen LogP contribution is -2.27. The zero-order chi connectivity index (χ0) is 16.7. The van der Waals surface area contributed by atoms with E-state index in [9.17, 15) is 9.90 Å². The van der Waals surface area contributed by atoms with Gasteiger partial charge in [0.2, 0.25) is 0 Å². The van der Waals surface area contributed by atoms with Crippen molar-refractivity contribution in [3.63, 3.8) is 0 Å². The van der Waals surface area contributed by atoms with Gasteiger partial charge in [0.15, 0.2) is 0 Å². The first-order valence-corrected chi connectivity index (χ1v) is 9.12. The second-order valence-electron chi connectivity index (χ2n) is 5.80. The second kappa shape index (κ2) is 13.8. The monoisotopic (exact) mass is 340 g/mol. The highest BCUT2D eigenvalue weighted by molar-refractivity contribution is 7.78. The molecule has 1 N–H and O–H groups in total. The van der Waals surface area contributed by atoms with E-state index in [2.05, 4.69) is 41.4 Å². The lowest BCUT2D eigenvalue weighted by Gasteiger charge is -2.19. The van der Waals surface area contributed by atoms with Crippen LogP contribution in [0.5, 0.6) is 0 Å². The molecule has 0 aliphatic carbocycles. The predicted octanol–water partition coefficient (Wildman–Crippen LogP) is 5.68. The minimum absolute atomic E-state index is 0.506. The fourth-order valence-electron chi connectivity index (χ4n) is 2.53. The fourth-order valence-corrected chi connectivity index (χ4v) is 2.95. The molecule has 0 atom stereocenters. The van der Waals surface area contributed by atoms with Crippen molar-refractivity contribution in [3.8, 4) is 0 Å². The van der Waals surface area contributed by atoms with E-state index in [1.165, 1.54) is 57.1 Å². The van der Waals surface area contributed by atoms with Gasteiger partial charge in [0.05, 0.1) is 0 Å². The van der Waals surface area contributed by atoms with Crippen LogP contribution in [0.15, 0.2) is 12.2 Å². The molecular formula is C18H28O2S2. The van der Waals surface area contributed by atoms with Crippen LogP contribution in [0, 0.1) is 5.41 Å². The molecule has 0 aromatic rings. The SMILES string of the molecule is CCCCCCCCCCCCC(C=C=S)(C=C=S)C(=O)O. The number of unbranched alkanes of at least 4 members (excludes halogenated alkanes) is 9. The Bertz CT molecular complexity index is 382. The molecular weight excluding hydrogens is 312 g/mol. The molecule has 0 unspecified atom stereocenters. The van der Waals surface area contributed by atoms with Gasteiger partial charge in [0.1, 0.15) is 5.41 Å². The first kappa shape index (κ1) is 21.2. The van der Waals surface area contributed by atoms with Crippen LogP contribution in [-0.4, -0.2) is 21.1 Å². The van der Waals surface area contributed by atoms with Gasteiger partial charge in [-0.15, -0.1) is 0 Å². The van der Waals surface area contributed by atoms with E-state index >= 15 is 0 Å². The van der Waals surface area contributed by atoms with Crippen molar-refractivity contribution in [1.82, 2.24) is 0 Å². The molecule has 0 heterocycles. The minimum Gasteiger partial charge on any atom is -0.480 e. The predicted molar refractivity (Wildman–Crippen MR) is 101 cm³/mol. The van der Waals surface area contributed by atoms with E-state index in [1.54, 1.807) is 0 Å². The number of rotatable bonds is 14.